The Kier molecular flexibility index (Phi) is 4.58. The van der Waals surface area contributed by atoms with E-state index >= 15 is 0 Å². The lowest BCUT2D eigenvalue weighted by atomic mass is 9.93. The lowest BCUT2D eigenvalue weighted by Crippen LogP contribution is -2.30. The standard InChI is InChI=1S/C22H25F2N7O/c1-13-26-18-8-7-17(28-21(18)30(13)12-20(23)24)16-9-10-31-19(16)11-25-22(29-31)27-14-3-5-15(32-2)6-4-14/h7-11,14-15,20H,3-6,12H2,1-2H3,(H,27,29)/t14-,15+/i2D3. The Morgan fingerprint density at radius 3 is 2.84 bits per heavy atom. The van der Waals surface area contributed by atoms with Crippen LogP contribution in [0.2, 0.25) is 0 Å². The second-order valence-corrected chi connectivity index (χ2v) is 8.08. The summed E-state index contributed by atoms with van der Waals surface area (Å²) in [6.45, 7) is 1.23. The monoisotopic (exact) mass is 444 g/mol. The molecule has 0 saturated heterocycles. The van der Waals surface area contributed by atoms with Crippen molar-refractivity contribution in [3.05, 3.63) is 36.4 Å². The van der Waals surface area contributed by atoms with Gasteiger partial charge in [-0.1, -0.05) is 0 Å². The molecule has 1 aliphatic carbocycles. The molecule has 8 nitrogen and oxygen atoms in total. The van der Waals surface area contributed by atoms with Crippen LogP contribution in [0.1, 0.15) is 35.6 Å². The number of hydrogen-bond donors (Lipinski definition) is 1. The molecule has 5 rings (SSSR count). The van der Waals surface area contributed by atoms with E-state index in [2.05, 4.69) is 25.4 Å². The first kappa shape index (κ1) is 17.4. The van der Waals surface area contributed by atoms with Gasteiger partial charge in [-0.05, 0) is 50.8 Å². The fourth-order valence-electron chi connectivity index (χ4n) is 4.31. The number of hydrogen-bond acceptors (Lipinski definition) is 6. The highest BCUT2D eigenvalue weighted by atomic mass is 19.3. The van der Waals surface area contributed by atoms with Crippen LogP contribution in [0.4, 0.5) is 14.7 Å². The summed E-state index contributed by atoms with van der Waals surface area (Å²) in [4.78, 5) is 13.4. The van der Waals surface area contributed by atoms with Crippen molar-refractivity contribution >= 4 is 22.6 Å². The van der Waals surface area contributed by atoms with Crippen molar-refractivity contribution in [1.29, 1.82) is 0 Å². The van der Waals surface area contributed by atoms with Crippen molar-refractivity contribution in [1.82, 2.24) is 29.1 Å². The zero-order chi connectivity index (χ0) is 24.7. The van der Waals surface area contributed by atoms with Gasteiger partial charge in [0.2, 0.25) is 5.95 Å². The normalized spacial score (nSPS) is 21.1. The number of pyridine rings is 1. The number of imidazole rings is 1. The predicted octanol–water partition coefficient (Wildman–Crippen LogP) is 4.08. The second kappa shape index (κ2) is 8.42. The fourth-order valence-corrected chi connectivity index (χ4v) is 4.31. The topological polar surface area (TPSA) is 82.2 Å². The molecule has 4 aromatic rings. The molecule has 0 bridgehead atoms. The number of anilines is 1. The average molecular weight is 445 g/mol. The Labute approximate surface area is 187 Å². The van der Waals surface area contributed by atoms with E-state index in [0.29, 0.717) is 41.5 Å². The van der Waals surface area contributed by atoms with Crippen LogP contribution in [-0.4, -0.2) is 54.7 Å². The molecule has 168 valence electrons. The summed E-state index contributed by atoms with van der Waals surface area (Å²) in [6, 6.07) is 5.57. The van der Waals surface area contributed by atoms with Crippen molar-refractivity contribution < 1.29 is 17.6 Å². The molecule has 0 radical (unpaired) electrons. The SMILES string of the molecule is [2H]C([2H])([2H])O[C@H]1CC[C@@H](Nc2ncc3c(-c4ccc5nc(C)n(CC(F)F)c5n4)ccn3n2)CC1. The van der Waals surface area contributed by atoms with Crippen molar-refractivity contribution in [3.63, 3.8) is 0 Å². The Morgan fingerprint density at radius 2 is 2.06 bits per heavy atom. The minimum Gasteiger partial charge on any atom is -0.381 e. The van der Waals surface area contributed by atoms with E-state index < -0.39 is 20.0 Å². The van der Waals surface area contributed by atoms with Crippen LogP contribution in [0, 0.1) is 6.92 Å². The molecular formula is C22H25F2N7O. The maximum absolute atomic E-state index is 13.0. The lowest BCUT2D eigenvalue weighted by Gasteiger charge is -2.28. The summed E-state index contributed by atoms with van der Waals surface area (Å²) >= 11 is 0. The summed E-state index contributed by atoms with van der Waals surface area (Å²) in [5, 5.41) is 7.87. The van der Waals surface area contributed by atoms with Gasteiger partial charge < -0.3 is 14.6 Å². The molecule has 0 aliphatic heterocycles. The third-order valence-electron chi connectivity index (χ3n) is 5.97. The smallest absolute Gasteiger partial charge is 0.256 e. The first-order valence-electron chi connectivity index (χ1n) is 12.1. The van der Waals surface area contributed by atoms with Gasteiger partial charge in [0.15, 0.2) is 5.65 Å². The van der Waals surface area contributed by atoms with Gasteiger partial charge >= 0.3 is 0 Å². The molecule has 32 heavy (non-hydrogen) atoms. The largest absolute Gasteiger partial charge is 0.381 e. The first-order valence-corrected chi connectivity index (χ1v) is 10.6. The molecule has 10 heteroatoms. The molecule has 0 unspecified atom stereocenters. The molecule has 0 amide bonds. The Hall–Kier alpha value is -3.14. The number of alkyl halides is 2. The zero-order valence-electron chi connectivity index (χ0n) is 20.5. The molecule has 4 aromatic heterocycles. The van der Waals surface area contributed by atoms with Crippen molar-refractivity contribution in [3.8, 4) is 11.3 Å². The number of nitrogens with one attached hydrogen (secondary N) is 1. The number of halogens is 2. The maximum atomic E-state index is 13.0. The van der Waals surface area contributed by atoms with Gasteiger partial charge in [0.25, 0.3) is 6.43 Å². The van der Waals surface area contributed by atoms with Crippen LogP contribution in [0.15, 0.2) is 30.6 Å². The number of nitrogens with zero attached hydrogens (tertiary/aromatic N) is 6. The van der Waals surface area contributed by atoms with E-state index in [1.807, 2.05) is 12.1 Å². The summed E-state index contributed by atoms with van der Waals surface area (Å²) in [5.41, 5.74) is 3.11. The Balaban J connectivity index is 1.34. The molecule has 1 fully saturated rings. The van der Waals surface area contributed by atoms with Crippen molar-refractivity contribution in [2.24, 2.45) is 0 Å². The maximum Gasteiger partial charge on any atom is 0.256 e. The van der Waals surface area contributed by atoms with Crippen LogP contribution in [-0.2, 0) is 11.3 Å². The van der Waals surface area contributed by atoms with Crippen LogP contribution < -0.4 is 5.32 Å². The number of methoxy groups -OCH3 is 1. The van der Waals surface area contributed by atoms with Crippen molar-refractivity contribution in [2.45, 2.75) is 57.7 Å². The minimum atomic E-state index is -2.50. The summed E-state index contributed by atoms with van der Waals surface area (Å²) in [6.07, 6.45) is 3.55. The van der Waals surface area contributed by atoms with Gasteiger partial charge in [-0.15, -0.1) is 5.10 Å². The third-order valence-corrected chi connectivity index (χ3v) is 5.97. The van der Waals surface area contributed by atoms with E-state index in [9.17, 15) is 8.78 Å². The van der Waals surface area contributed by atoms with Crippen LogP contribution >= 0.6 is 0 Å². The third kappa shape index (κ3) is 3.90. The van der Waals surface area contributed by atoms with Gasteiger partial charge in [0.1, 0.15) is 11.3 Å². The van der Waals surface area contributed by atoms with E-state index in [4.69, 9.17) is 8.85 Å². The summed E-state index contributed by atoms with van der Waals surface area (Å²) in [5.74, 6) is 0.957. The number of aryl methyl sites for hydroxylation is 1. The van der Waals surface area contributed by atoms with E-state index in [1.165, 1.54) is 4.57 Å². The highest BCUT2D eigenvalue weighted by Crippen LogP contribution is 2.27. The molecule has 1 N–H and O–H groups in total. The van der Waals surface area contributed by atoms with Gasteiger partial charge in [-0.2, -0.15) is 0 Å². The quantitative estimate of drug-likeness (QED) is 0.483. The number of aromatic nitrogens is 6. The van der Waals surface area contributed by atoms with Gasteiger partial charge in [0, 0.05) is 24.8 Å². The molecular weight excluding hydrogens is 416 g/mol. The summed E-state index contributed by atoms with van der Waals surface area (Å²) < 4.78 is 56.1. The van der Waals surface area contributed by atoms with E-state index in [-0.39, 0.29) is 12.1 Å². The minimum absolute atomic E-state index is 0.126. The fraction of sp³-hybridized carbons (Fsp3) is 0.455. The summed E-state index contributed by atoms with van der Waals surface area (Å²) in [7, 11) is -2.37. The molecule has 0 spiro atoms. The molecule has 1 aliphatic rings. The van der Waals surface area contributed by atoms with E-state index in [0.717, 1.165) is 23.9 Å². The van der Waals surface area contributed by atoms with Gasteiger partial charge in [-0.3, -0.25) is 0 Å². The molecule has 0 atom stereocenters. The van der Waals surface area contributed by atoms with Crippen LogP contribution in [0.25, 0.3) is 27.9 Å². The Bertz CT molecular complexity index is 1350. The lowest BCUT2D eigenvalue weighted by molar-refractivity contribution is 0.0681. The number of fused-ring (bicyclic) bond motifs is 2. The van der Waals surface area contributed by atoms with Crippen LogP contribution in [0.5, 0.6) is 0 Å². The average Bonchev–Trinajstić information content (AvgIpc) is 3.34. The second-order valence-electron chi connectivity index (χ2n) is 8.08. The highest BCUT2D eigenvalue weighted by Gasteiger charge is 2.22. The molecule has 4 heterocycles. The molecule has 1 saturated carbocycles. The number of ether oxygens (including phenoxy) is 1. The van der Waals surface area contributed by atoms with Crippen LogP contribution in [0.3, 0.4) is 0 Å². The van der Waals surface area contributed by atoms with Gasteiger partial charge in [0.05, 0.1) is 34.2 Å². The molecule has 0 aromatic carbocycles. The van der Waals surface area contributed by atoms with Gasteiger partial charge in [-0.25, -0.2) is 28.2 Å². The van der Waals surface area contributed by atoms with E-state index in [1.54, 1.807) is 29.9 Å². The number of rotatable bonds is 6. The predicted molar refractivity (Wildman–Crippen MR) is 117 cm³/mol. The zero-order valence-corrected chi connectivity index (χ0v) is 17.5. The Morgan fingerprint density at radius 1 is 1.22 bits per heavy atom. The van der Waals surface area contributed by atoms with Crippen molar-refractivity contribution in [2.75, 3.05) is 12.4 Å². The highest BCUT2D eigenvalue weighted by molar-refractivity contribution is 5.82. The first-order chi connectivity index (χ1) is 16.7.